The van der Waals surface area contributed by atoms with Crippen LogP contribution in [0.4, 0.5) is 5.69 Å². The maximum absolute atomic E-state index is 9.37. The SMILES string of the molecule is CCNCc1ccc(N(C)Cc2ccc(C)o2)c(C#N)c1. The minimum absolute atomic E-state index is 0.648. The number of furan rings is 1. The zero-order valence-electron chi connectivity index (χ0n) is 12.8. The summed E-state index contributed by atoms with van der Waals surface area (Å²) in [5.41, 5.74) is 2.74. The van der Waals surface area contributed by atoms with Gasteiger partial charge < -0.3 is 14.6 Å². The van der Waals surface area contributed by atoms with Gasteiger partial charge in [0.2, 0.25) is 0 Å². The second-order valence-electron chi connectivity index (χ2n) is 5.11. The first-order valence-electron chi connectivity index (χ1n) is 7.14. The molecule has 2 aromatic rings. The van der Waals surface area contributed by atoms with Crippen LogP contribution in [0.5, 0.6) is 0 Å². The van der Waals surface area contributed by atoms with Crippen molar-refractivity contribution in [3.63, 3.8) is 0 Å². The van der Waals surface area contributed by atoms with Crippen molar-refractivity contribution in [2.45, 2.75) is 26.9 Å². The molecule has 0 spiro atoms. The van der Waals surface area contributed by atoms with Crippen LogP contribution in [0.1, 0.15) is 29.6 Å². The second-order valence-corrected chi connectivity index (χ2v) is 5.11. The van der Waals surface area contributed by atoms with Gasteiger partial charge in [0.25, 0.3) is 0 Å². The molecule has 4 heteroatoms. The molecule has 0 aliphatic rings. The molecule has 1 aromatic heterocycles. The molecule has 1 heterocycles. The van der Waals surface area contributed by atoms with E-state index in [4.69, 9.17) is 4.42 Å². The molecule has 21 heavy (non-hydrogen) atoms. The van der Waals surface area contributed by atoms with E-state index in [1.807, 2.05) is 43.1 Å². The third-order valence-corrected chi connectivity index (χ3v) is 3.36. The lowest BCUT2D eigenvalue weighted by atomic mass is 10.1. The van der Waals surface area contributed by atoms with Crippen LogP contribution in [-0.4, -0.2) is 13.6 Å². The number of hydrogen-bond acceptors (Lipinski definition) is 4. The van der Waals surface area contributed by atoms with Crippen LogP contribution in [0.3, 0.4) is 0 Å². The third kappa shape index (κ3) is 3.87. The molecule has 110 valence electrons. The maximum atomic E-state index is 9.37. The standard InChI is InChI=1S/C17H21N3O/c1-4-19-11-14-6-8-17(15(9-14)10-18)20(3)12-16-7-5-13(2)21-16/h5-9,19H,4,11-12H2,1-3H3. The Morgan fingerprint density at radius 1 is 1.29 bits per heavy atom. The number of benzene rings is 1. The lowest BCUT2D eigenvalue weighted by Gasteiger charge is -2.20. The van der Waals surface area contributed by atoms with E-state index in [1.54, 1.807) is 0 Å². The summed E-state index contributed by atoms with van der Waals surface area (Å²) >= 11 is 0. The molecule has 1 aromatic carbocycles. The minimum atomic E-state index is 0.648. The van der Waals surface area contributed by atoms with Gasteiger partial charge in [-0.2, -0.15) is 5.26 Å². The Morgan fingerprint density at radius 2 is 2.10 bits per heavy atom. The van der Waals surface area contributed by atoms with E-state index in [2.05, 4.69) is 24.4 Å². The van der Waals surface area contributed by atoms with Gasteiger partial charge in [0.05, 0.1) is 17.8 Å². The molecule has 0 aliphatic carbocycles. The largest absolute Gasteiger partial charge is 0.464 e. The summed E-state index contributed by atoms with van der Waals surface area (Å²) in [5, 5.41) is 12.6. The highest BCUT2D eigenvalue weighted by Gasteiger charge is 2.10. The molecule has 0 saturated carbocycles. The monoisotopic (exact) mass is 283 g/mol. The van der Waals surface area contributed by atoms with Gasteiger partial charge in [0.15, 0.2) is 0 Å². The molecule has 0 fully saturated rings. The molecule has 4 nitrogen and oxygen atoms in total. The van der Waals surface area contributed by atoms with E-state index in [-0.39, 0.29) is 0 Å². The van der Waals surface area contributed by atoms with Crippen LogP contribution in [0, 0.1) is 18.3 Å². The van der Waals surface area contributed by atoms with Crippen LogP contribution < -0.4 is 10.2 Å². The van der Waals surface area contributed by atoms with Crippen molar-refractivity contribution in [2.75, 3.05) is 18.5 Å². The van der Waals surface area contributed by atoms with E-state index in [0.29, 0.717) is 12.1 Å². The van der Waals surface area contributed by atoms with Gasteiger partial charge in [0, 0.05) is 13.6 Å². The van der Waals surface area contributed by atoms with Gasteiger partial charge in [-0.25, -0.2) is 0 Å². The van der Waals surface area contributed by atoms with Gasteiger partial charge in [0.1, 0.15) is 17.6 Å². The number of aryl methyl sites for hydroxylation is 1. The van der Waals surface area contributed by atoms with Gasteiger partial charge in [-0.05, 0) is 43.3 Å². The molecule has 0 unspecified atom stereocenters. The van der Waals surface area contributed by atoms with Gasteiger partial charge in [-0.1, -0.05) is 13.0 Å². The van der Waals surface area contributed by atoms with Gasteiger partial charge in [-0.15, -0.1) is 0 Å². The lowest BCUT2D eigenvalue weighted by Crippen LogP contribution is -2.18. The number of nitriles is 1. The van der Waals surface area contributed by atoms with Gasteiger partial charge in [-0.3, -0.25) is 0 Å². The summed E-state index contributed by atoms with van der Waals surface area (Å²) in [5.74, 6) is 1.80. The summed E-state index contributed by atoms with van der Waals surface area (Å²) in [4.78, 5) is 2.04. The summed E-state index contributed by atoms with van der Waals surface area (Å²) < 4.78 is 5.59. The number of anilines is 1. The predicted octanol–water partition coefficient (Wildman–Crippen LogP) is 3.21. The molecule has 2 rings (SSSR count). The summed E-state index contributed by atoms with van der Waals surface area (Å²) in [7, 11) is 1.97. The van der Waals surface area contributed by atoms with Crippen LogP contribution in [0.25, 0.3) is 0 Å². The Labute approximate surface area is 126 Å². The Balaban J connectivity index is 2.16. The lowest BCUT2D eigenvalue weighted by molar-refractivity contribution is 0.482. The normalized spacial score (nSPS) is 10.4. The number of hydrogen-bond donors (Lipinski definition) is 1. The fourth-order valence-corrected chi connectivity index (χ4v) is 2.27. The maximum Gasteiger partial charge on any atom is 0.123 e. The van der Waals surface area contributed by atoms with Crippen molar-refractivity contribution in [1.29, 1.82) is 5.26 Å². The third-order valence-electron chi connectivity index (χ3n) is 3.36. The minimum Gasteiger partial charge on any atom is -0.464 e. The fraction of sp³-hybridized carbons (Fsp3) is 0.353. The summed E-state index contributed by atoms with van der Waals surface area (Å²) in [6, 6.07) is 12.2. The second kappa shape index (κ2) is 6.96. The Morgan fingerprint density at radius 3 is 2.71 bits per heavy atom. The molecule has 1 N–H and O–H groups in total. The number of nitrogens with zero attached hydrogens (tertiary/aromatic N) is 2. The molecule has 0 radical (unpaired) electrons. The molecule has 0 saturated heterocycles. The first-order chi connectivity index (χ1) is 10.1. The highest BCUT2D eigenvalue weighted by molar-refractivity contribution is 5.60. The number of rotatable bonds is 6. The highest BCUT2D eigenvalue weighted by Crippen LogP contribution is 2.22. The average Bonchev–Trinajstić information content (AvgIpc) is 2.89. The number of nitrogens with one attached hydrogen (secondary N) is 1. The fourth-order valence-electron chi connectivity index (χ4n) is 2.27. The van der Waals surface area contributed by atoms with Crippen molar-refractivity contribution in [3.05, 3.63) is 53.0 Å². The van der Waals surface area contributed by atoms with Crippen LogP contribution in [0.2, 0.25) is 0 Å². The Kier molecular flexibility index (Phi) is 5.02. The molecular weight excluding hydrogens is 262 g/mol. The van der Waals surface area contributed by atoms with E-state index in [0.717, 1.165) is 35.9 Å². The smallest absolute Gasteiger partial charge is 0.123 e. The first-order valence-corrected chi connectivity index (χ1v) is 7.14. The highest BCUT2D eigenvalue weighted by atomic mass is 16.3. The summed E-state index contributed by atoms with van der Waals surface area (Å²) in [6.45, 7) is 6.35. The van der Waals surface area contributed by atoms with E-state index < -0.39 is 0 Å². The van der Waals surface area contributed by atoms with Crippen molar-refractivity contribution in [3.8, 4) is 6.07 Å². The molecule has 0 bridgehead atoms. The van der Waals surface area contributed by atoms with Crippen molar-refractivity contribution >= 4 is 5.69 Å². The Hall–Kier alpha value is -2.25. The van der Waals surface area contributed by atoms with Crippen LogP contribution >= 0.6 is 0 Å². The van der Waals surface area contributed by atoms with E-state index >= 15 is 0 Å². The molecule has 0 aliphatic heterocycles. The first kappa shape index (κ1) is 15.1. The Bertz CT molecular complexity index is 640. The molecule has 0 amide bonds. The van der Waals surface area contributed by atoms with Crippen molar-refractivity contribution in [2.24, 2.45) is 0 Å². The van der Waals surface area contributed by atoms with Crippen molar-refractivity contribution in [1.82, 2.24) is 5.32 Å². The predicted molar refractivity (Wildman–Crippen MR) is 84.1 cm³/mol. The molecular formula is C17H21N3O. The zero-order chi connectivity index (χ0) is 15.2. The molecule has 0 atom stereocenters. The summed E-state index contributed by atoms with van der Waals surface area (Å²) in [6.07, 6.45) is 0. The zero-order valence-corrected chi connectivity index (χ0v) is 12.8. The average molecular weight is 283 g/mol. The van der Waals surface area contributed by atoms with Gasteiger partial charge >= 0.3 is 0 Å². The quantitative estimate of drug-likeness (QED) is 0.884. The van der Waals surface area contributed by atoms with Crippen LogP contribution in [-0.2, 0) is 13.1 Å². The van der Waals surface area contributed by atoms with Crippen molar-refractivity contribution < 1.29 is 4.42 Å². The topological polar surface area (TPSA) is 52.2 Å². The van der Waals surface area contributed by atoms with E-state index in [1.165, 1.54) is 0 Å². The van der Waals surface area contributed by atoms with Crippen LogP contribution in [0.15, 0.2) is 34.7 Å². The van der Waals surface area contributed by atoms with E-state index in [9.17, 15) is 5.26 Å².